The van der Waals surface area contributed by atoms with Gasteiger partial charge in [-0.15, -0.1) is 0 Å². The van der Waals surface area contributed by atoms with Crippen LogP contribution >= 0.6 is 39.1 Å². The average molecular weight is 576 g/mol. The third-order valence-corrected chi connectivity index (χ3v) is 6.09. The molecule has 3 aromatic carbocycles. The molecule has 0 fully saturated rings. The first-order valence-corrected chi connectivity index (χ1v) is 11.9. The fraction of sp³-hybridized carbons (Fsp3) is 0.125. The van der Waals surface area contributed by atoms with Crippen molar-refractivity contribution in [3.8, 4) is 5.75 Å². The van der Waals surface area contributed by atoms with Gasteiger partial charge in [-0.05, 0) is 41.5 Å². The molecule has 0 aliphatic rings. The zero-order valence-corrected chi connectivity index (χ0v) is 21.3. The Morgan fingerprint density at radius 3 is 2.60 bits per heavy atom. The van der Waals surface area contributed by atoms with E-state index >= 15 is 0 Å². The highest BCUT2D eigenvalue weighted by atomic mass is 79.9. The van der Waals surface area contributed by atoms with E-state index in [-0.39, 0.29) is 33.6 Å². The molecule has 35 heavy (non-hydrogen) atoms. The summed E-state index contributed by atoms with van der Waals surface area (Å²) in [5.41, 5.74) is 1.41. The number of benzene rings is 3. The van der Waals surface area contributed by atoms with Crippen LogP contribution in [0.1, 0.15) is 23.9 Å². The molecule has 0 saturated carbocycles. The van der Waals surface area contributed by atoms with Crippen molar-refractivity contribution in [2.24, 2.45) is 5.10 Å². The molecule has 0 spiro atoms. The standard InChI is InChI=1S/C24H17BrCl2N4O4/c1-2-22-29-21-7-6-16(25)11-18(21)24(32)30(22)28-12-15-9-19(26)23(20(27)10-15)35-13-14-4-3-5-17(8-14)31(33)34/h3-12H,2,13H2,1H3. The van der Waals surface area contributed by atoms with E-state index in [1.165, 1.54) is 23.0 Å². The van der Waals surface area contributed by atoms with Gasteiger partial charge in [-0.25, -0.2) is 4.98 Å². The van der Waals surface area contributed by atoms with Crippen LogP contribution in [0.2, 0.25) is 10.0 Å². The first kappa shape index (κ1) is 24.8. The van der Waals surface area contributed by atoms with E-state index in [1.807, 2.05) is 13.0 Å². The number of nitrogens with zero attached hydrogens (tertiary/aromatic N) is 4. The van der Waals surface area contributed by atoms with Crippen molar-refractivity contribution in [2.45, 2.75) is 20.0 Å². The molecule has 0 bridgehead atoms. The Morgan fingerprint density at radius 1 is 1.17 bits per heavy atom. The van der Waals surface area contributed by atoms with Gasteiger partial charge in [0.1, 0.15) is 12.4 Å². The molecule has 4 aromatic rings. The molecular formula is C24H17BrCl2N4O4. The van der Waals surface area contributed by atoms with Crippen molar-refractivity contribution in [1.82, 2.24) is 9.66 Å². The smallest absolute Gasteiger partial charge is 0.282 e. The number of fused-ring (bicyclic) bond motifs is 1. The minimum absolute atomic E-state index is 0.0351. The number of hydrogen-bond acceptors (Lipinski definition) is 6. The molecule has 0 N–H and O–H groups in total. The summed E-state index contributed by atoms with van der Waals surface area (Å²) >= 11 is 16.1. The summed E-state index contributed by atoms with van der Waals surface area (Å²) in [7, 11) is 0. The zero-order valence-electron chi connectivity index (χ0n) is 18.2. The summed E-state index contributed by atoms with van der Waals surface area (Å²) in [5.74, 6) is 0.746. The van der Waals surface area contributed by atoms with Crippen molar-refractivity contribution in [1.29, 1.82) is 0 Å². The fourth-order valence-electron chi connectivity index (χ4n) is 3.37. The topological polar surface area (TPSA) is 99.6 Å². The van der Waals surface area contributed by atoms with E-state index < -0.39 is 4.92 Å². The van der Waals surface area contributed by atoms with Gasteiger partial charge in [-0.2, -0.15) is 9.78 Å². The number of nitro groups is 1. The Bertz CT molecular complexity index is 1520. The first-order valence-electron chi connectivity index (χ1n) is 10.4. The predicted molar refractivity (Wildman–Crippen MR) is 140 cm³/mol. The van der Waals surface area contributed by atoms with Crippen LogP contribution in [-0.2, 0) is 13.0 Å². The van der Waals surface area contributed by atoms with Gasteiger partial charge in [0.25, 0.3) is 11.2 Å². The maximum atomic E-state index is 13.0. The first-order chi connectivity index (χ1) is 16.8. The van der Waals surface area contributed by atoms with E-state index in [0.717, 1.165) is 4.47 Å². The quantitative estimate of drug-likeness (QED) is 0.144. The number of nitro benzene ring substituents is 1. The number of rotatable bonds is 7. The number of hydrogen-bond donors (Lipinski definition) is 0. The molecule has 0 saturated heterocycles. The minimum atomic E-state index is -0.475. The highest BCUT2D eigenvalue weighted by molar-refractivity contribution is 9.10. The second-order valence-electron chi connectivity index (χ2n) is 7.43. The van der Waals surface area contributed by atoms with Crippen LogP contribution in [0.15, 0.2) is 69.0 Å². The summed E-state index contributed by atoms with van der Waals surface area (Å²) < 4.78 is 7.74. The van der Waals surface area contributed by atoms with Crippen LogP contribution in [0.4, 0.5) is 5.69 Å². The lowest BCUT2D eigenvalue weighted by molar-refractivity contribution is -0.384. The van der Waals surface area contributed by atoms with E-state index in [1.54, 1.807) is 36.4 Å². The van der Waals surface area contributed by atoms with Gasteiger partial charge in [0.05, 0.1) is 32.1 Å². The second-order valence-corrected chi connectivity index (χ2v) is 9.16. The van der Waals surface area contributed by atoms with Gasteiger partial charge >= 0.3 is 0 Å². The Kier molecular flexibility index (Phi) is 7.49. The van der Waals surface area contributed by atoms with E-state index in [4.69, 9.17) is 27.9 Å². The summed E-state index contributed by atoms with van der Waals surface area (Å²) in [5, 5.41) is 16.2. The molecule has 4 rings (SSSR count). The Morgan fingerprint density at radius 2 is 1.91 bits per heavy atom. The van der Waals surface area contributed by atoms with Crippen LogP contribution in [0, 0.1) is 10.1 Å². The third-order valence-electron chi connectivity index (χ3n) is 5.04. The molecule has 1 aromatic heterocycles. The van der Waals surface area contributed by atoms with Crippen molar-refractivity contribution in [3.05, 3.63) is 107 Å². The third kappa shape index (κ3) is 5.53. The molecule has 0 atom stereocenters. The molecular weight excluding hydrogens is 559 g/mol. The van der Waals surface area contributed by atoms with E-state index in [0.29, 0.717) is 34.3 Å². The molecule has 178 valence electrons. The lowest BCUT2D eigenvalue weighted by Crippen LogP contribution is -2.22. The van der Waals surface area contributed by atoms with Crippen molar-refractivity contribution >= 4 is 61.9 Å². The SMILES string of the molecule is CCc1nc2ccc(Br)cc2c(=O)n1N=Cc1cc(Cl)c(OCc2cccc([N+](=O)[O-])c2)c(Cl)c1. The van der Waals surface area contributed by atoms with Gasteiger partial charge in [-0.3, -0.25) is 14.9 Å². The fourth-order valence-corrected chi connectivity index (χ4v) is 4.35. The molecule has 8 nitrogen and oxygen atoms in total. The molecule has 0 unspecified atom stereocenters. The van der Waals surface area contributed by atoms with Crippen LogP contribution in [0.3, 0.4) is 0 Å². The maximum absolute atomic E-state index is 13.0. The summed E-state index contributed by atoms with van der Waals surface area (Å²) in [6.45, 7) is 1.93. The van der Waals surface area contributed by atoms with Crippen molar-refractivity contribution in [3.63, 3.8) is 0 Å². The van der Waals surface area contributed by atoms with Crippen LogP contribution in [0.25, 0.3) is 10.9 Å². The number of halogens is 3. The summed E-state index contributed by atoms with van der Waals surface area (Å²) in [4.78, 5) is 28.1. The minimum Gasteiger partial charge on any atom is -0.486 e. The second kappa shape index (κ2) is 10.6. The van der Waals surface area contributed by atoms with Crippen molar-refractivity contribution < 1.29 is 9.66 Å². The van der Waals surface area contributed by atoms with Gasteiger partial charge in [0, 0.05) is 23.0 Å². The van der Waals surface area contributed by atoms with Crippen LogP contribution < -0.4 is 10.3 Å². The van der Waals surface area contributed by atoms with E-state index in [9.17, 15) is 14.9 Å². The number of aryl methyl sites for hydroxylation is 1. The summed E-state index contributed by atoms with van der Waals surface area (Å²) in [6, 6.07) is 14.6. The highest BCUT2D eigenvalue weighted by Crippen LogP contribution is 2.34. The van der Waals surface area contributed by atoms with Crippen molar-refractivity contribution in [2.75, 3.05) is 0 Å². The van der Waals surface area contributed by atoms with Gasteiger partial charge in [-0.1, -0.05) is 58.2 Å². The zero-order chi connectivity index (χ0) is 25.1. The summed E-state index contributed by atoms with van der Waals surface area (Å²) in [6.07, 6.45) is 1.97. The molecule has 1 heterocycles. The number of non-ortho nitro benzene ring substituents is 1. The predicted octanol–water partition coefficient (Wildman–Crippen LogP) is 6.40. The lowest BCUT2D eigenvalue weighted by atomic mass is 10.2. The Hall–Kier alpha value is -3.27. The average Bonchev–Trinajstić information content (AvgIpc) is 2.83. The van der Waals surface area contributed by atoms with Crippen LogP contribution in [-0.4, -0.2) is 20.8 Å². The number of aromatic nitrogens is 2. The van der Waals surface area contributed by atoms with Gasteiger partial charge in [0.15, 0.2) is 5.75 Å². The maximum Gasteiger partial charge on any atom is 0.282 e. The molecule has 0 amide bonds. The number of ether oxygens (including phenoxy) is 1. The van der Waals surface area contributed by atoms with E-state index in [2.05, 4.69) is 26.0 Å². The van der Waals surface area contributed by atoms with Crippen LogP contribution in [0.5, 0.6) is 5.75 Å². The Balaban J connectivity index is 1.61. The Labute approximate surface area is 218 Å². The van der Waals surface area contributed by atoms with Gasteiger partial charge < -0.3 is 4.74 Å². The normalized spacial score (nSPS) is 11.3. The monoisotopic (exact) mass is 574 g/mol. The largest absolute Gasteiger partial charge is 0.486 e. The molecule has 0 radical (unpaired) electrons. The molecule has 0 aliphatic carbocycles. The van der Waals surface area contributed by atoms with Gasteiger partial charge in [0.2, 0.25) is 0 Å². The lowest BCUT2D eigenvalue weighted by Gasteiger charge is -2.11. The highest BCUT2D eigenvalue weighted by Gasteiger charge is 2.13. The molecule has 11 heteroatoms. The molecule has 0 aliphatic heterocycles.